The van der Waals surface area contributed by atoms with E-state index >= 15 is 0 Å². The van der Waals surface area contributed by atoms with Crippen LogP contribution >= 0.6 is 12.2 Å². The Bertz CT molecular complexity index is 212. The Labute approximate surface area is 89.8 Å². The Kier molecular flexibility index (Phi) is 4.65. The highest BCUT2D eigenvalue weighted by molar-refractivity contribution is 7.80. The Morgan fingerprint density at radius 1 is 1.29 bits per heavy atom. The average molecular weight is 215 g/mol. The van der Waals surface area contributed by atoms with Crippen molar-refractivity contribution in [3.8, 4) is 0 Å². The number of thiocarbonyl (C=S) groups is 1. The minimum absolute atomic E-state index is 0.0419. The van der Waals surface area contributed by atoms with Crippen LogP contribution in [0.1, 0.15) is 25.7 Å². The molecule has 1 rings (SSSR count). The van der Waals surface area contributed by atoms with Gasteiger partial charge in [-0.3, -0.25) is 0 Å². The predicted octanol–water partition coefficient (Wildman–Crippen LogP) is 0.858. The molecule has 5 heteroatoms. The lowest BCUT2D eigenvalue weighted by atomic mass is 10.2. The van der Waals surface area contributed by atoms with E-state index in [1.807, 2.05) is 4.90 Å². The van der Waals surface area contributed by atoms with Crippen molar-refractivity contribution in [2.45, 2.75) is 25.7 Å². The van der Waals surface area contributed by atoms with Crippen molar-refractivity contribution in [1.82, 2.24) is 10.2 Å². The van der Waals surface area contributed by atoms with Gasteiger partial charge in [0.1, 0.15) is 0 Å². The van der Waals surface area contributed by atoms with Gasteiger partial charge in [0, 0.05) is 13.1 Å². The fourth-order valence-corrected chi connectivity index (χ4v) is 1.62. The fourth-order valence-electron chi connectivity index (χ4n) is 1.55. The van der Waals surface area contributed by atoms with Crippen LogP contribution in [-0.4, -0.2) is 35.6 Å². The maximum absolute atomic E-state index is 11.6. The molecule has 14 heavy (non-hydrogen) atoms. The molecule has 0 aromatic carbocycles. The van der Waals surface area contributed by atoms with Crippen molar-refractivity contribution in [3.63, 3.8) is 0 Å². The van der Waals surface area contributed by atoms with Gasteiger partial charge >= 0.3 is 6.03 Å². The van der Waals surface area contributed by atoms with Gasteiger partial charge in [-0.1, -0.05) is 25.1 Å². The number of nitrogens with two attached hydrogens (primary N) is 1. The molecule has 80 valence electrons. The monoisotopic (exact) mass is 215 g/mol. The summed E-state index contributed by atoms with van der Waals surface area (Å²) in [4.78, 5) is 13.7. The first-order valence-corrected chi connectivity index (χ1v) is 5.42. The molecule has 4 nitrogen and oxygen atoms in total. The van der Waals surface area contributed by atoms with Crippen molar-refractivity contribution < 1.29 is 4.79 Å². The smallest absolute Gasteiger partial charge is 0.317 e. The van der Waals surface area contributed by atoms with Crippen LogP contribution in [0.5, 0.6) is 0 Å². The van der Waals surface area contributed by atoms with Crippen LogP contribution in [0.25, 0.3) is 0 Å². The quantitative estimate of drug-likeness (QED) is 0.672. The van der Waals surface area contributed by atoms with Crippen molar-refractivity contribution in [3.05, 3.63) is 0 Å². The van der Waals surface area contributed by atoms with E-state index in [9.17, 15) is 4.79 Å². The maximum atomic E-state index is 11.6. The number of amides is 2. The molecule has 2 amide bonds. The summed E-state index contributed by atoms with van der Waals surface area (Å²) < 4.78 is 0. The summed E-state index contributed by atoms with van der Waals surface area (Å²) in [6.45, 7) is 2.00. The Hall–Kier alpha value is -0.840. The molecule has 1 aliphatic heterocycles. The third-order valence-electron chi connectivity index (χ3n) is 2.31. The number of nitrogens with one attached hydrogen (secondary N) is 1. The lowest BCUT2D eigenvalue weighted by Crippen LogP contribution is -2.43. The third kappa shape index (κ3) is 3.91. The van der Waals surface area contributed by atoms with E-state index in [-0.39, 0.29) is 6.03 Å². The molecule has 0 aromatic rings. The summed E-state index contributed by atoms with van der Waals surface area (Å²) in [5, 5.41) is 2.70. The molecule has 0 aromatic heterocycles. The van der Waals surface area contributed by atoms with E-state index in [0.29, 0.717) is 11.5 Å². The second kappa shape index (κ2) is 5.80. The standard InChI is InChI=1S/C9H17N3OS/c10-8(14)7-11-9(13)12-5-3-1-2-4-6-12/h1-7H2,(H2,10,14)(H,11,13). The van der Waals surface area contributed by atoms with E-state index in [0.717, 1.165) is 25.9 Å². The highest BCUT2D eigenvalue weighted by Gasteiger charge is 2.14. The molecule has 1 saturated heterocycles. The third-order valence-corrected chi connectivity index (χ3v) is 2.45. The maximum Gasteiger partial charge on any atom is 0.317 e. The minimum Gasteiger partial charge on any atom is -0.392 e. The van der Waals surface area contributed by atoms with E-state index in [4.69, 9.17) is 5.73 Å². The van der Waals surface area contributed by atoms with Gasteiger partial charge in [-0.15, -0.1) is 0 Å². The Morgan fingerprint density at radius 2 is 1.86 bits per heavy atom. The SMILES string of the molecule is NC(=S)CNC(=O)N1CCCCCC1. The van der Waals surface area contributed by atoms with E-state index < -0.39 is 0 Å². The van der Waals surface area contributed by atoms with Crippen LogP contribution in [0.4, 0.5) is 4.79 Å². The molecule has 0 spiro atoms. The number of nitrogens with zero attached hydrogens (tertiary/aromatic N) is 1. The number of hydrogen-bond donors (Lipinski definition) is 2. The number of carbonyl (C=O) groups excluding carboxylic acids is 1. The number of hydrogen-bond acceptors (Lipinski definition) is 2. The van der Waals surface area contributed by atoms with Crippen LogP contribution in [0.3, 0.4) is 0 Å². The zero-order valence-electron chi connectivity index (χ0n) is 8.29. The predicted molar refractivity (Wildman–Crippen MR) is 60.2 cm³/mol. The first-order chi connectivity index (χ1) is 6.70. The second-order valence-corrected chi connectivity index (χ2v) is 4.05. The molecule has 1 aliphatic rings. The summed E-state index contributed by atoms with van der Waals surface area (Å²) >= 11 is 4.69. The minimum atomic E-state index is -0.0419. The van der Waals surface area contributed by atoms with Crippen LogP contribution < -0.4 is 11.1 Å². The second-order valence-electron chi connectivity index (χ2n) is 3.53. The zero-order chi connectivity index (χ0) is 10.4. The summed E-state index contributed by atoms with van der Waals surface area (Å²) in [6.07, 6.45) is 4.64. The molecule has 1 fully saturated rings. The zero-order valence-corrected chi connectivity index (χ0v) is 9.11. The molecule has 0 saturated carbocycles. The molecular formula is C9H17N3OS. The largest absolute Gasteiger partial charge is 0.392 e. The first kappa shape index (κ1) is 11.2. The van der Waals surface area contributed by atoms with Gasteiger partial charge < -0.3 is 16.0 Å². The van der Waals surface area contributed by atoms with Gasteiger partial charge in [0.25, 0.3) is 0 Å². The summed E-state index contributed by atoms with van der Waals surface area (Å²) in [6, 6.07) is -0.0419. The molecule has 3 N–H and O–H groups in total. The van der Waals surface area contributed by atoms with Crippen molar-refractivity contribution in [2.75, 3.05) is 19.6 Å². The van der Waals surface area contributed by atoms with Crippen molar-refractivity contribution in [2.24, 2.45) is 5.73 Å². The Balaban J connectivity index is 2.30. The number of rotatable bonds is 2. The number of likely N-dealkylation sites (tertiary alicyclic amines) is 1. The summed E-state index contributed by atoms with van der Waals surface area (Å²) in [7, 11) is 0. The molecule has 0 bridgehead atoms. The van der Waals surface area contributed by atoms with E-state index in [1.165, 1.54) is 12.8 Å². The first-order valence-electron chi connectivity index (χ1n) is 5.01. The number of urea groups is 1. The van der Waals surface area contributed by atoms with Crippen LogP contribution in [0.2, 0.25) is 0 Å². The van der Waals surface area contributed by atoms with Crippen LogP contribution in [-0.2, 0) is 0 Å². The van der Waals surface area contributed by atoms with Crippen LogP contribution in [0, 0.1) is 0 Å². The van der Waals surface area contributed by atoms with Gasteiger partial charge in [0.15, 0.2) is 0 Å². The van der Waals surface area contributed by atoms with Gasteiger partial charge in [-0.2, -0.15) is 0 Å². The van der Waals surface area contributed by atoms with Crippen LogP contribution in [0.15, 0.2) is 0 Å². The highest BCUT2D eigenvalue weighted by atomic mass is 32.1. The average Bonchev–Trinajstić information content (AvgIpc) is 2.42. The lowest BCUT2D eigenvalue weighted by molar-refractivity contribution is 0.201. The molecule has 0 aliphatic carbocycles. The van der Waals surface area contributed by atoms with Crippen molar-refractivity contribution >= 4 is 23.2 Å². The molecule has 0 unspecified atom stereocenters. The lowest BCUT2D eigenvalue weighted by Gasteiger charge is -2.20. The highest BCUT2D eigenvalue weighted by Crippen LogP contribution is 2.09. The normalized spacial score (nSPS) is 17.3. The summed E-state index contributed by atoms with van der Waals surface area (Å²) in [5.41, 5.74) is 5.30. The van der Waals surface area contributed by atoms with Gasteiger partial charge in [-0.05, 0) is 12.8 Å². The van der Waals surface area contributed by atoms with E-state index in [2.05, 4.69) is 17.5 Å². The summed E-state index contributed by atoms with van der Waals surface area (Å²) in [5.74, 6) is 0. The van der Waals surface area contributed by atoms with Gasteiger partial charge in [0.2, 0.25) is 0 Å². The number of carbonyl (C=O) groups is 1. The van der Waals surface area contributed by atoms with E-state index in [1.54, 1.807) is 0 Å². The topological polar surface area (TPSA) is 58.4 Å². The van der Waals surface area contributed by atoms with Crippen molar-refractivity contribution in [1.29, 1.82) is 0 Å². The molecule has 1 heterocycles. The molecule has 0 atom stereocenters. The Morgan fingerprint density at radius 3 is 2.36 bits per heavy atom. The van der Waals surface area contributed by atoms with Gasteiger partial charge in [-0.25, -0.2) is 4.79 Å². The van der Waals surface area contributed by atoms with Gasteiger partial charge in [0.05, 0.1) is 11.5 Å². The fraction of sp³-hybridized carbons (Fsp3) is 0.778. The molecular weight excluding hydrogens is 198 g/mol. The molecule has 0 radical (unpaired) electrons.